The molecule has 0 saturated heterocycles. The molecule has 488 valence electrons. The van der Waals surface area contributed by atoms with Gasteiger partial charge in [-0.1, -0.05) is 378 Å². The van der Waals surface area contributed by atoms with Gasteiger partial charge in [0.2, 0.25) is 0 Å². The van der Waals surface area contributed by atoms with Crippen molar-refractivity contribution in [1.82, 2.24) is 0 Å². The summed E-state index contributed by atoms with van der Waals surface area (Å²) in [5.74, 6) is -0.848. The van der Waals surface area contributed by atoms with Gasteiger partial charge in [-0.15, -0.1) is 0 Å². The third-order valence-electron chi connectivity index (χ3n) is 17.1. The van der Waals surface area contributed by atoms with Gasteiger partial charge in [0.05, 0.1) is 0 Å². The van der Waals surface area contributed by atoms with Crippen LogP contribution in [-0.2, 0) is 28.6 Å². The molecule has 1 unspecified atom stereocenters. The van der Waals surface area contributed by atoms with Crippen molar-refractivity contribution in [1.29, 1.82) is 0 Å². The molecule has 0 fully saturated rings. The first-order valence-corrected chi connectivity index (χ1v) is 37.5. The van der Waals surface area contributed by atoms with E-state index in [1.165, 1.54) is 308 Å². The monoisotopic (exact) mass is 1170 g/mol. The lowest BCUT2D eigenvalue weighted by Crippen LogP contribution is -2.30. The number of hydrogen-bond acceptors (Lipinski definition) is 6. The third kappa shape index (κ3) is 70.3. The summed E-state index contributed by atoms with van der Waals surface area (Å²) < 4.78 is 16.9. The van der Waals surface area contributed by atoms with Crippen LogP contribution in [0.1, 0.15) is 419 Å². The molecular formula is C77H144O6. The van der Waals surface area contributed by atoms with Crippen molar-refractivity contribution in [2.24, 2.45) is 0 Å². The molecule has 0 aliphatic rings. The first-order chi connectivity index (χ1) is 41.0. The van der Waals surface area contributed by atoms with Crippen molar-refractivity contribution in [3.05, 3.63) is 36.5 Å². The second kappa shape index (κ2) is 72.1. The third-order valence-corrected chi connectivity index (χ3v) is 17.1. The normalized spacial score (nSPS) is 12.2. The molecule has 6 heteroatoms. The van der Waals surface area contributed by atoms with Crippen molar-refractivity contribution in [2.45, 2.75) is 425 Å². The van der Waals surface area contributed by atoms with Gasteiger partial charge in [0.1, 0.15) is 13.2 Å². The van der Waals surface area contributed by atoms with Crippen molar-refractivity contribution in [3.63, 3.8) is 0 Å². The minimum absolute atomic E-state index is 0.0672. The number of esters is 3. The molecule has 0 N–H and O–H groups in total. The van der Waals surface area contributed by atoms with Crippen LogP contribution in [0.2, 0.25) is 0 Å². The van der Waals surface area contributed by atoms with Crippen LogP contribution in [0.4, 0.5) is 0 Å². The fourth-order valence-corrected chi connectivity index (χ4v) is 11.5. The molecule has 1 atom stereocenters. The Balaban J connectivity index is 3.99. The molecule has 0 aromatic heterocycles. The van der Waals surface area contributed by atoms with Gasteiger partial charge in [0.25, 0.3) is 0 Å². The molecule has 0 rings (SSSR count). The highest BCUT2D eigenvalue weighted by Crippen LogP contribution is 2.19. The van der Waals surface area contributed by atoms with Crippen LogP contribution in [0.25, 0.3) is 0 Å². The molecule has 0 saturated carbocycles. The smallest absolute Gasteiger partial charge is 0.306 e. The number of hydrogen-bond donors (Lipinski definition) is 0. The fourth-order valence-electron chi connectivity index (χ4n) is 11.5. The fraction of sp³-hybridized carbons (Fsp3) is 0.883. The lowest BCUT2D eigenvalue weighted by Gasteiger charge is -2.18. The number of carbonyl (C=O) groups is 3. The summed E-state index contributed by atoms with van der Waals surface area (Å²) in [4.78, 5) is 38.2. The minimum atomic E-state index is -0.769. The number of ether oxygens (including phenoxy) is 3. The topological polar surface area (TPSA) is 78.9 Å². The molecular weight excluding hydrogens is 1020 g/mol. The van der Waals surface area contributed by atoms with Crippen molar-refractivity contribution >= 4 is 17.9 Å². The summed E-state index contributed by atoms with van der Waals surface area (Å²) in [6.07, 6.45) is 90.9. The zero-order chi connectivity index (χ0) is 59.9. The Bertz CT molecular complexity index is 1380. The van der Waals surface area contributed by atoms with E-state index in [0.717, 1.165) is 70.6 Å². The van der Waals surface area contributed by atoms with Gasteiger partial charge < -0.3 is 14.2 Å². The molecule has 0 bridgehead atoms. The number of allylic oxidation sites excluding steroid dienone is 6. The number of rotatable bonds is 70. The zero-order valence-corrected chi connectivity index (χ0v) is 56.2. The van der Waals surface area contributed by atoms with Gasteiger partial charge in [-0.2, -0.15) is 0 Å². The summed E-state index contributed by atoms with van der Waals surface area (Å²) in [6.45, 7) is 6.66. The number of carbonyl (C=O) groups excluding carboxylic acids is 3. The van der Waals surface area contributed by atoms with E-state index in [1.54, 1.807) is 0 Å². The van der Waals surface area contributed by atoms with E-state index in [1.807, 2.05) is 0 Å². The van der Waals surface area contributed by atoms with E-state index in [4.69, 9.17) is 14.2 Å². The van der Waals surface area contributed by atoms with Gasteiger partial charge in [-0.3, -0.25) is 14.4 Å². The highest BCUT2D eigenvalue weighted by molar-refractivity contribution is 5.71. The van der Waals surface area contributed by atoms with E-state index < -0.39 is 6.10 Å². The molecule has 0 radical (unpaired) electrons. The first-order valence-electron chi connectivity index (χ1n) is 37.5. The zero-order valence-electron chi connectivity index (χ0n) is 56.2. The summed E-state index contributed by atoms with van der Waals surface area (Å²) in [5, 5.41) is 0. The molecule has 6 nitrogen and oxygen atoms in total. The average Bonchev–Trinajstić information content (AvgIpc) is 3.49. The van der Waals surface area contributed by atoms with Crippen LogP contribution in [0.3, 0.4) is 0 Å². The standard InChI is InChI=1S/C77H144O6/c1-4-7-10-13-16-18-20-22-24-26-28-30-32-34-36-37-38-39-41-42-44-46-48-50-52-54-56-58-61-64-67-70-76(79)82-73-74(72-81-75(78)69-66-63-60-15-12-9-6-3)83-77(80)71-68-65-62-59-57-55-53-51-49-47-45-43-40-35-33-31-29-27-25-23-21-19-17-14-11-8-5-2/h21,23,27,29,33,35,74H,4-20,22,24-26,28,30-32,34,36-73H2,1-3H3/b23-21-,29-27-,35-33-. The predicted octanol–water partition coefficient (Wildman–Crippen LogP) is 25.9. The SMILES string of the molecule is CCCCCCC/C=C\C/C=C\C/C=C\CCCCCCCCCCCCCCC(=O)OC(COC(=O)CCCCCCCCC)COC(=O)CCCCCCCCCCCCCCCCCCCCCCCCCCCCCCCCC. The Hall–Kier alpha value is -2.37. The Morgan fingerprint density at radius 3 is 0.675 bits per heavy atom. The van der Waals surface area contributed by atoms with E-state index in [0.29, 0.717) is 19.3 Å². The maximum Gasteiger partial charge on any atom is 0.306 e. The molecule has 0 amide bonds. The minimum Gasteiger partial charge on any atom is -0.462 e. The maximum atomic E-state index is 12.9. The second-order valence-corrected chi connectivity index (χ2v) is 25.6. The molecule has 0 aliphatic carbocycles. The van der Waals surface area contributed by atoms with Gasteiger partial charge in [0, 0.05) is 19.3 Å². The lowest BCUT2D eigenvalue weighted by molar-refractivity contribution is -0.167. The highest BCUT2D eigenvalue weighted by Gasteiger charge is 2.20. The Morgan fingerprint density at radius 2 is 0.434 bits per heavy atom. The van der Waals surface area contributed by atoms with Crippen molar-refractivity contribution in [2.75, 3.05) is 13.2 Å². The Morgan fingerprint density at radius 1 is 0.241 bits per heavy atom. The predicted molar refractivity (Wildman–Crippen MR) is 362 cm³/mol. The molecule has 83 heavy (non-hydrogen) atoms. The van der Waals surface area contributed by atoms with Crippen LogP contribution in [-0.4, -0.2) is 37.2 Å². The molecule has 0 aromatic rings. The summed E-state index contributed by atoms with van der Waals surface area (Å²) in [6, 6.07) is 0. The highest BCUT2D eigenvalue weighted by atomic mass is 16.6. The lowest BCUT2D eigenvalue weighted by atomic mass is 10.0. The van der Waals surface area contributed by atoms with Gasteiger partial charge in [0.15, 0.2) is 6.10 Å². The van der Waals surface area contributed by atoms with Crippen LogP contribution >= 0.6 is 0 Å². The van der Waals surface area contributed by atoms with Crippen LogP contribution in [0.15, 0.2) is 36.5 Å². The van der Waals surface area contributed by atoms with Gasteiger partial charge in [-0.25, -0.2) is 0 Å². The van der Waals surface area contributed by atoms with Crippen LogP contribution in [0, 0.1) is 0 Å². The van der Waals surface area contributed by atoms with E-state index in [2.05, 4.69) is 57.2 Å². The maximum absolute atomic E-state index is 12.9. The summed E-state index contributed by atoms with van der Waals surface area (Å²) >= 11 is 0. The van der Waals surface area contributed by atoms with Crippen molar-refractivity contribution in [3.8, 4) is 0 Å². The largest absolute Gasteiger partial charge is 0.462 e. The second-order valence-electron chi connectivity index (χ2n) is 25.6. The van der Waals surface area contributed by atoms with Gasteiger partial charge >= 0.3 is 17.9 Å². The molecule has 0 heterocycles. The Kier molecular flexibility index (Phi) is 70.0. The number of unbranched alkanes of at least 4 members (excludes halogenated alkanes) is 53. The molecule has 0 aromatic carbocycles. The summed E-state index contributed by atoms with van der Waals surface area (Å²) in [5.41, 5.74) is 0. The quantitative estimate of drug-likeness (QED) is 0.0261. The average molecular weight is 1170 g/mol. The summed E-state index contributed by atoms with van der Waals surface area (Å²) in [7, 11) is 0. The van der Waals surface area contributed by atoms with Crippen molar-refractivity contribution < 1.29 is 28.6 Å². The van der Waals surface area contributed by atoms with E-state index >= 15 is 0 Å². The van der Waals surface area contributed by atoms with E-state index in [9.17, 15) is 14.4 Å². The first kappa shape index (κ1) is 80.6. The molecule has 0 spiro atoms. The Labute approximate surface area is 518 Å². The van der Waals surface area contributed by atoms with E-state index in [-0.39, 0.29) is 31.1 Å². The van der Waals surface area contributed by atoms with Gasteiger partial charge in [-0.05, 0) is 57.8 Å². The molecule has 0 aliphatic heterocycles. The van der Waals surface area contributed by atoms with Crippen LogP contribution in [0.5, 0.6) is 0 Å². The van der Waals surface area contributed by atoms with Crippen LogP contribution < -0.4 is 0 Å².